The molecule has 94 valence electrons. The molecule has 2 aromatic heterocycles. The van der Waals surface area contributed by atoms with E-state index in [-0.39, 0.29) is 0 Å². The second-order valence-electron chi connectivity index (χ2n) is 4.20. The molecule has 18 heavy (non-hydrogen) atoms. The molecule has 0 atom stereocenters. The van der Waals surface area contributed by atoms with Gasteiger partial charge in [-0.2, -0.15) is 0 Å². The zero-order valence-electron chi connectivity index (χ0n) is 10.7. The number of rotatable bonds is 3. The lowest BCUT2D eigenvalue weighted by Gasteiger charge is -2.10. The van der Waals surface area contributed by atoms with Gasteiger partial charge in [0.05, 0.1) is 0 Å². The number of pyridine rings is 1. The fraction of sp³-hybridized carbons (Fsp3) is 0.308. The van der Waals surface area contributed by atoms with Crippen molar-refractivity contribution in [2.24, 2.45) is 0 Å². The highest BCUT2D eigenvalue weighted by molar-refractivity contribution is 6.30. The van der Waals surface area contributed by atoms with Crippen LogP contribution in [0, 0.1) is 20.8 Å². The van der Waals surface area contributed by atoms with Crippen LogP contribution in [0.4, 0.5) is 5.82 Å². The van der Waals surface area contributed by atoms with E-state index in [4.69, 9.17) is 11.6 Å². The van der Waals surface area contributed by atoms with Crippen molar-refractivity contribution in [2.45, 2.75) is 27.3 Å². The summed E-state index contributed by atoms with van der Waals surface area (Å²) >= 11 is 6.02. The molecule has 0 amide bonds. The Labute approximate surface area is 111 Å². The number of hydrogen-bond acceptors (Lipinski definition) is 4. The summed E-state index contributed by atoms with van der Waals surface area (Å²) in [5, 5.41) is 3.75. The van der Waals surface area contributed by atoms with Gasteiger partial charge in [-0.15, -0.1) is 0 Å². The van der Waals surface area contributed by atoms with Gasteiger partial charge in [0, 0.05) is 24.0 Å². The van der Waals surface area contributed by atoms with Crippen LogP contribution in [-0.2, 0) is 6.54 Å². The van der Waals surface area contributed by atoms with Gasteiger partial charge >= 0.3 is 0 Å². The first kappa shape index (κ1) is 12.8. The molecular weight excluding hydrogens is 248 g/mol. The monoisotopic (exact) mass is 262 g/mol. The molecule has 1 N–H and O–H groups in total. The van der Waals surface area contributed by atoms with Crippen molar-refractivity contribution in [3.05, 3.63) is 46.1 Å². The average Bonchev–Trinajstić information content (AvgIpc) is 2.34. The predicted molar refractivity (Wildman–Crippen MR) is 72.8 cm³/mol. The minimum atomic E-state index is 0.493. The molecular formula is C13H15ClN4. The van der Waals surface area contributed by atoms with Gasteiger partial charge in [0.2, 0.25) is 0 Å². The first-order valence-electron chi connectivity index (χ1n) is 5.72. The van der Waals surface area contributed by atoms with E-state index in [0.29, 0.717) is 17.5 Å². The molecule has 0 aliphatic carbocycles. The van der Waals surface area contributed by atoms with Gasteiger partial charge in [-0.3, -0.25) is 4.98 Å². The molecule has 0 aliphatic rings. The van der Waals surface area contributed by atoms with Crippen molar-refractivity contribution in [2.75, 3.05) is 5.32 Å². The normalized spacial score (nSPS) is 10.4. The maximum absolute atomic E-state index is 6.02. The molecule has 5 heteroatoms. The Morgan fingerprint density at radius 1 is 1.17 bits per heavy atom. The highest BCUT2D eigenvalue weighted by Gasteiger charge is 2.06. The summed E-state index contributed by atoms with van der Waals surface area (Å²) in [5.41, 5.74) is 2.98. The van der Waals surface area contributed by atoms with Crippen molar-refractivity contribution in [1.29, 1.82) is 0 Å². The molecule has 0 aliphatic heterocycles. The van der Waals surface area contributed by atoms with Crippen LogP contribution in [0.3, 0.4) is 0 Å². The lowest BCUT2D eigenvalue weighted by atomic mass is 10.2. The van der Waals surface area contributed by atoms with E-state index >= 15 is 0 Å². The minimum absolute atomic E-state index is 0.493. The molecule has 0 fully saturated rings. The Balaban J connectivity index is 2.13. The molecule has 0 unspecified atom stereocenters. The first-order chi connectivity index (χ1) is 8.56. The SMILES string of the molecule is Cc1ccc(CNc2nc(C)nc(Cl)c2C)cn1. The molecule has 0 aromatic carbocycles. The maximum atomic E-state index is 6.02. The van der Waals surface area contributed by atoms with E-state index in [1.54, 1.807) is 0 Å². The van der Waals surface area contributed by atoms with E-state index in [9.17, 15) is 0 Å². The predicted octanol–water partition coefficient (Wildman–Crippen LogP) is 3.06. The largest absolute Gasteiger partial charge is 0.366 e. The lowest BCUT2D eigenvalue weighted by Crippen LogP contribution is -2.06. The zero-order valence-corrected chi connectivity index (χ0v) is 11.4. The molecule has 0 saturated heterocycles. The van der Waals surface area contributed by atoms with Crippen LogP contribution in [0.2, 0.25) is 5.15 Å². The van der Waals surface area contributed by atoms with Gasteiger partial charge < -0.3 is 5.32 Å². The van der Waals surface area contributed by atoms with Gasteiger partial charge in [0.25, 0.3) is 0 Å². The number of aromatic nitrogens is 3. The van der Waals surface area contributed by atoms with Crippen molar-refractivity contribution < 1.29 is 0 Å². The van der Waals surface area contributed by atoms with Crippen molar-refractivity contribution in [3.63, 3.8) is 0 Å². The summed E-state index contributed by atoms with van der Waals surface area (Å²) in [7, 11) is 0. The topological polar surface area (TPSA) is 50.7 Å². The van der Waals surface area contributed by atoms with Crippen LogP contribution in [0.1, 0.15) is 22.6 Å². The summed E-state index contributed by atoms with van der Waals surface area (Å²) < 4.78 is 0. The zero-order chi connectivity index (χ0) is 13.1. The quantitative estimate of drug-likeness (QED) is 0.864. The summed E-state index contributed by atoms with van der Waals surface area (Å²) in [6.45, 7) is 6.36. The smallest absolute Gasteiger partial charge is 0.137 e. The average molecular weight is 263 g/mol. The highest BCUT2D eigenvalue weighted by atomic mass is 35.5. The van der Waals surface area contributed by atoms with Gasteiger partial charge in [-0.05, 0) is 32.4 Å². The second-order valence-corrected chi connectivity index (χ2v) is 4.55. The highest BCUT2D eigenvalue weighted by Crippen LogP contribution is 2.20. The third-order valence-electron chi connectivity index (χ3n) is 2.63. The number of hydrogen-bond donors (Lipinski definition) is 1. The molecule has 2 aromatic rings. The summed E-state index contributed by atoms with van der Waals surface area (Å²) in [6.07, 6.45) is 1.85. The molecule has 2 rings (SSSR count). The standard InChI is InChI=1S/C13H15ClN4/c1-8-4-5-11(6-15-8)7-16-13-9(2)12(14)17-10(3)18-13/h4-6H,7H2,1-3H3,(H,16,17,18). The van der Waals surface area contributed by atoms with E-state index in [0.717, 1.165) is 22.6 Å². The van der Waals surface area contributed by atoms with Gasteiger partial charge in [-0.25, -0.2) is 9.97 Å². The van der Waals surface area contributed by atoms with E-state index in [1.165, 1.54) is 0 Å². The number of nitrogens with one attached hydrogen (secondary N) is 1. The maximum Gasteiger partial charge on any atom is 0.137 e. The van der Waals surface area contributed by atoms with Crippen LogP contribution < -0.4 is 5.32 Å². The van der Waals surface area contributed by atoms with E-state index < -0.39 is 0 Å². The molecule has 0 radical (unpaired) electrons. The summed E-state index contributed by atoms with van der Waals surface area (Å²) in [6, 6.07) is 4.03. The fourth-order valence-corrected chi connectivity index (χ4v) is 1.77. The Morgan fingerprint density at radius 2 is 1.94 bits per heavy atom. The van der Waals surface area contributed by atoms with Gasteiger partial charge in [0.1, 0.15) is 16.8 Å². The number of halogens is 1. The minimum Gasteiger partial charge on any atom is -0.366 e. The molecule has 2 heterocycles. The van der Waals surface area contributed by atoms with E-state index in [1.807, 2.05) is 39.1 Å². The molecule has 4 nitrogen and oxygen atoms in total. The van der Waals surface area contributed by atoms with Crippen LogP contribution in [0.25, 0.3) is 0 Å². The summed E-state index contributed by atoms with van der Waals surface area (Å²) in [5.74, 6) is 1.43. The first-order valence-corrected chi connectivity index (χ1v) is 6.10. The Hall–Kier alpha value is -1.68. The number of anilines is 1. The molecule has 0 spiro atoms. The van der Waals surface area contributed by atoms with Crippen LogP contribution in [0.5, 0.6) is 0 Å². The van der Waals surface area contributed by atoms with Crippen LogP contribution >= 0.6 is 11.6 Å². The van der Waals surface area contributed by atoms with E-state index in [2.05, 4.69) is 20.3 Å². The second kappa shape index (κ2) is 5.31. The summed E-state index contributed by atoms with van der Waals surface area (Å²) in [4.78, 5) is 12.7. The molecule has 0 bridgehead atoms. The van der Waals surface area contributed by atoms with Crippen LogP contribution in [0.15, 0.2) is 18.3 Å². The Kier molecular flexibility index (Phi) is 3.77. The van der Waals surface area contributed by atoms with Crippen LogP contribution in [-0.4, -0.2) is 15.0 Å². The Morgan fingerprint density at radius 3 is 2.61 bits per heavy atom. The number of aryl methyl sites for hydroxylation is 2. The van der Waals surface area contributed by atoms with Gasteiger partial charge in [0.15, 0.2) is 0 Å². The van der Waals surface area contributed by atoms with Crippen molar-refractivity contribution >= 4 is 17.4 Å². The van der Waals surface area contributed by atoms with Crippen molar-refractivity contribution in [1.82, 2.24) is 15.0 Å². The lowest BCUT2D eigenvalue weighted by molar-refractivity contribution is 0.997. The van der Waals surface area contributed by atoms with Gasteiger partial charge in [-0.1, -0.05) is 17.7 Å². The number of nitrogens with zero attached hydrogens (tertiary/aromatic N) is 3. The molecule has 0 saturated carbocycles. The fourth-order valence-electron chi connectivity index (χ4n) is 1.56. The Bertz CT molecular complexity index is 552. The third-order valence-corrected chi connectivity index (χ3v) is 3.00. The van der Waals surface area contributed by atoms with Crippen molar-refractivity contribution in [3.8, 4) is 0 Å². The third kappa shape index (κ3) is 2.96.